The molecule has 0 saturated carbocycles. The summed E-state index contributed by atoms with van der Waals surface area (Å²) >= 11 is 1.69. The lowest BCUT2D eigenvalue weighted by Crippen LogP contribution is -2.08. The molecule has 3 aromatic rings. The molecule has 0 bridgehead atoms. The monoisotopic (exact) mass is 310 g/mol. The number of rotatable bonds is 5. The summed E-state index contributed by atoms with van der Waals surface area (Å²) in [7, 11) is 0. The van der Waals surface area contributed by atoms with E-state index in [0.29, 0.717) is 0 Å². The molecule has 0 aliphatic carbocycles. The van der Waals surface area contributed by atoms with Gasteiger partial charge in [-0.1, -0.05) is 30.3 Å². The molecular weight excluding hydrogens is 292 g/mol. The van der Waals surface area contributed by atoms with Crippen molar-refractivity contribution in [3.63, 3.8) is 0 Å². The van der Waals surface area contributed by atoms with Crippen molar-refractivity contribution < 1.29 is 0 Å². The van der Waals surface area contributed by atoms with Crippen LogP contribution in [-0.4, -0.2) is 21.5 Å². The number of benzene rings is 1. The maximum absolute atomic E-state index is 4.69. The molecule has 22 heavy (non-hydrogen) atoms. The minimum absolute atomic E-state index is 0.794. The first kappa shape index (κ1) is 14.7. The van der Waals surface area contributed by atoms with Gasteiger partial charge < -0.3 is 5.32 Å². The van der Waals surface area contributed by atoms with Crippen LogP contribution in [0.2, 0.25) is 0 Å². The smallest absolute Gasteiger partial charge is 0.129 e. The van der Waals surface area contributed by atoms with Gasteiger partial charge in [0.15, 0.2) is 0 Å². The quantitative estimate of drug-likeness (QED) is 0.777. The molecule has 0 aliphatic heterocycles. The van der Waals surface area contributed by atoms with Crippen LogP contribution in [0.3, 0.4) is 0 Å². The summed E-state index contributed by atoms with van der Waals surface area (Å²) in [5.41, 5.74) is 3.27. The second kappa shape index (κ2) is 6.66. The lowest BCUT2D eigenvalue weighted by atomic mass is 10.2. The number of nitrogens with zero attached hydrogens (tertiary/aromatic N) is 3. The van der Waals surface area contributed by atoms with E-state index in [9.17, 15) is 0 Å². The van der Waals surface area contributed by atoms with Crippen LogP contribution in [0.15, 0.2) is 41.8 Å². The average molecular weight is 310 g/mol. The number of nitrogens with one attached hydrogen (secondary N) is 1. The standard InChI is InChI=1S/C17H18N4S/c1-12-10-16(20-13(2)19-12)18-9-8-15-11-22-17(21-15)14-6-4-3-5-7-14/h3-7,10-11H,8-9H2,1-2H3,(H,18,19,20). The molecule has 0 fully saturated rings. The highest BCUT2D eigenvalue weighted by Gasteiger charge is 2.04. The van der Waals surface area contributed by atoms with Crippen LogP contribution in [0.5, 0.6) is 0 Å². The van der Waals surface area contributed by atoms with Gasteiger partial charge in [0.25, 0.3) is 0 Å². The Bertz CT molecular complexity index is 732. The van der Waals surface area contributed by atoms with Crippen molar-refractivity contribution in [1.82, 2.24) is 15.0 Å². The molecule has 0 atom stereocenters. The van der Waals surface area contributed by atoms with E-state index in [4.69, 9.17) is 4.98 Å². The molecule has 4 nitrogen and oxygen atoms in total. The summed E-state index contributed by atoms with van der Waals surface area (Å²) in [6.45, 7) is 4.70. The van der Waals surface area contributed by atoms with E-state index in [1.54, 1.807) is 11.3 Å². The fourth-order valence-corrected chi connectivity index (χ4v) is 3.12. The van der Waals surface area contributed by atoms with Crippen LogP contribution >= 0.6 is 11.3 Å². The molecule has 0 radical (unpaired) electrons. The topological polar surface area (TPSA) is 50.7 Å². The number of hydrogen-bond acceptors (Lipinski definition) is 5. The minimum Gasteiger partial charge on any atom is -0.370 e. The molecule has 0 saturated heterocycles. The van der Waals surface area contributed by atoms with E-state index >= 15 is 0 Å². The van der Waals surface area contributed by atoms with Crippen LogP contribution in [0.25, 0.3) is 10.6 Å². The van der Waals surface area contributed by atoms with E-state index in [1.165, 1.54) is 5.56 Å². The maximum Gasteiger partial charge on any atom is 0.129 e. The molecular formula is C17H18N4S. The Kier molecular flexibility index (Phi) is 4.44. The Morgan fingerprint density at radius 3 is 2.64 bits per heavy atom. The van der Waals surface area contributed by atoms with Crippen LogP contribution < -0.4 is 5.32 Å². The van der Waals surface area contributed by atoms with Crippen LogP contribution in [0, 0.1) is 13.8 Å². The van der Waals surface area contributed by atoms with Gasteiger partial charge in [0.2, 0.25) is 0 Å². The normalized spacial score (nSPS) is 10.6. The van der Waals surface area contributed by atoms with E-state index in [2.05, 4.69) is 32.8 Å². The summed E-state index contributed by atoms with van der Waals surface area (Å²) < 4.78 is 0. The molecule has 2 heterocycles. The zero-order valence-electron chi connectivity index (χ0n) is 12.7. The number of aromatic nitrogens is 3. The van der Waals surface area contributed by atoms with Crippen LogP contribution in [-0.2, 0) is 6.42 Å². The Hall–Kier alpha value is -2.27. The number of aryl methyl sites for hydroxylation is 2. The second-order valence-electron chi connectivity index (χ2n) is 5.13. The molecule has 0 aliphatic rings. The maximum atomic E-state index is 4.69. The lowest BCUT2D eigenvalue weighted by molar-refractivity contribution is 0.947. The summed E-state index contributed by atoms with van der Waals surface area (Å²) in [6.07, 6.45) is 0.880. The molecule has 0 unspecified atom stereocenters. The van der Waals surface area contributed by atoms with Crippen molar-refractivity contribution in [3.05, 3.63) is 59.0 Å². The van der Waals surface area contributed by atoms with Gasteiger partial charge in [-0.2, -0.15) is 0 Å². The highest BCUT2D eigenvalue weighted by Crippen LogP contribution is 2.23. The van der Waals surface area contributed by atoms with E-state index < -0.39 is 0 Å². The Morgan fingerprint density at radius 1 is 1.05 bits per heavy atom. The number of thiazole rings is 1. The molecule has 0 spiro atoms. The number of hydrogen-bond donors (Lipinski definition) is 1. The van der Waals surface area contributed by atoms with Gasteiger partial charge in [-0.05, 0) is 13.8 Å². The summed E-state index contributed by atoms with van der Waals surface area (Å²) in [5, 5.41) is 6.54. The largest absolute Gasteiger partial charge is 0.370 e. The SMILES string of the molecule is Cc1cc(NCCc2csc(-c3ccccc3)n2)nc(C)n1. The second-order valence-corrected chi connectivity index (χ2v) is 5.99. The minimum atomic E-state index is 0.794. The molecule has 3 rings (SSSR count). The Morgan fingerprint density at radius 2 is 1.86 bits per heavy atom. The van der Waals surface area contributed by atoms with E-state index in [1.807, 2.05) is 38.1 Å². The third-order valence-corrected chi connectivity index (χ3v) is 4.17. The van der Waals surface area contributed by atoms with Gasteiger partial charge in [-0.25, -0.2) is 15.0 Å². The molecule has 1 aromatic carbocycles. The van der Waals surface area contributed by atoms with Crippen molar-refractivity contribution in [2.24, 2.45) is 0 Å². The fraction of sp³-hybridized carbons (Fsp3) is 0.235. The zero-order chi connectivity index (χ0) is 15.4. The predicted octanol–water partition coefficient (Wildman–Crippen LogP) is 3.87. The van der Waals surface area contributed by atoms with Gasteiger partial charge in [-0.3, -0.25) is 0 Å². The third-order valence-electron chi connectivity index (χ3n) is 3.23. The van der Waals surface area contributed by atoms with Gasteiger partial charge in [0, 0.05) is 35.7 Å². The Balaban J connectivity index is 1.59. The first-order valence-corrected chi connectivity index (χ1v) is 8.14. The highest BCUT2D eigenvalue weighted by molar-refractivity contribution is 7.13. The van der Waals surface area contributed by atoms with Crippen molar-refractivity contribution >= 4 is 17.2 Å². The van der Waals surface area contributed by atoms with Crippen molar-refractivity contribution in [2.45, 2.75) is 20.3 Å². The molecule has 5 heteroatoms. The van der Waals surface area contributed by atoms with Gasteiger partial charge in [-0.15, -0.1) is 11.3 Å². The van der Waals surface area contributed by atoms with Crippen LogP contribution in [0.4, 0.5) is 5.82 Å². The Labute approximate surface area is 134 Å². The first-order chi connectivity index (χ1) is 10.7. The third kappa shape index (κ3) is 3.68. The summed E-state index contributed by atoms with van der Waals surface area (Å²) in [5.74, 6) is 1.67. The molecule has 1 N–H and O–H groups in total. The fourth-order valence-electron chi connectivity index (χ4n) is 2.26. The molecule has 0 amide bonds. The van der Waals surface area contributed by atoms with E-state index in [0.717, 1.165) is 41.0 Å². The number of anilines is 1. The van der Waals surface area contributed by atoms with Gasteiger partial charge in [0.05, 0.1) is 5.69 Å². The van der Waals surface area contributed by atoms with Gasteiger partial charge in [0.1, 0.15) is 16.6 Å². The predicted molar refractivity (Wildman–Crippen MR) is 91.2 cm³/mol. The van der Waals surface area contributed by atoms with Gasteiger partial charge >= 0.3 is 0 Å². The average Bonchev–Trinajstić information content (AvgIpc) is 2.96. The van der Waals surface area contributed by atoms with Crippen molar-refractivity contribution in [3.8, 4) is 10.6 Å². The summed E-state index contributed by atoms with van der Waals surface area (Å²) in [4.78, 5) is 13.3. The first-order valence-electron chi connectivity index (χ1n) is 7.27. The van der Waals surface area contributed by atoms with Crippen molar-refractivity contribution in [1.29, 1.82) is 0 Å². The molecule has 112 valence electrons. The molecule has 2 aromatic heterocycles. The highest BCUT2D eigenvalue weighted by atomic mass is 32.1. The van der Waals surface area contributed by atoms with E-state index in [-0.39, 0.29) is 0 Å². The zero-order valence-corrected chi connectivity index (χ0v) is 13.5. The van der Waals surface area contributed by atoms with Crippen LogP contribution in [0.1, 0.15) is 17.2 Å². The summed E-state index contributed by atoms with van der Waals surface area (Å²) in [6, 6.07) is 12.2. The van der Waals surface area contributed by atoms with Crippen molar-refractivity contribution in [2.75, 3.05) is 11.9 Å². The lowest BCUT2D eigenvalue weighted by Gasteiger charge is -2.06.